The Morgan fingerprint density at radius 2 is 2.25 bits per heavy atom. The van der Waals surface area contributed by atoms with E-state index in [0.717, 1.165) is 13.0 Å². The number of rotatable bonds is 2. The number of hydrogen-bond donors (Lipinski definition) is 1. The summed E-state index contributed by atoms with van der Waals surface area (Å²) < 4.78 is 32.9. The van der Waals surface area contributed by atoms with Gasteiger partial charge in [-0.3, -0.25) is 0 Å². The monoisotopic (exact) mass is 227 g/mol. The van der Waals surface area contributed by atoms with Crippen LogP contribution in [0.3, 0.4) is 0 Å². The predicted molar refractivity (Wildman–Crippen MR) is 57.8 cm³/mol. The number of benzene rings is 1. The normalized spacial score (nSPS) is 25.4. The highest BCUT2D eigenvalue weighted by molar-refractivity contribution is 5.39. The van der Waals surface area contributed by atoms with Crippen molar-refractivity contribution in [3.63, 3.8) is 0 Å². The Morgan fingerprint density at radius 1 is 1.44 bits per heavy atom. The third kappa shape index (κ3) is 2.02. The van der Waals surface area contributed by atoms with E-state index < -0.39 is 11.5 Å². The third-order valence-corrected chi connectivity index (χ3v) is 2.98. The average molecular weight is 227 g/mol. The van der Waals surface area contributed by atoms with Crippen molar-refractivity contribution >= 4 is 0 Å². The second-order valence-electron chi connectivity index (χ2n) is 4.09. The molecular formula is C12H15F2NO. The summed E-state index contributed by atoms with van der Waals surface area (Å²) in [6.07, 6.45) is 1.15. The van der Waals surface area contributed by atoms with E-state index >= 15 is 0 Å². The van der Waals surface area contributed by atoms with Crippen molar-refractivity contribution in [1.29, 1.82) is 0 Å². The summed E-state index contributed by atoms with van der Waals surface area (Å²) in [6, 6.07) is 3.98. The van der Waals surface area contributed by atoms with Gasteiger partial charge in [-0.05, 0) is 37.6 Å². The van der Waals surface area contributed by atoms with Crippen molar-refractivity contribution in [2.45, 2.75) is 18.5 Å². The highest BCUT2D eigenvalue weighted by Gasteiger charge is 2.36. The first-order valence-corrected chi connectivity index (χ1v) is 5.39. The van der Waals surface area contributed by atoms with Gasteiger partial charge in [0.2, 0.25) is 0 Å². The Kier molecular flexibility index (Phi) is 3.10. The van der Waals surface area contributed by atoms with Crippen molar-refractivity contribution in [3.8, 4) is 5.75 Å². The zero-order valence-electron chi connectivity index (χ0n) is 9.22. The van der Waals surface area contributed by atoms with E-state index in [9.17, 15) is 8.78 Å². The fourth-order valence-electron chi connectivity index (χ4n) is 2.13. The lowest BCUT2D eigenvalue weighted by molar-refractivity contribution is 0.117. The molecule has 1 aliphatic rings. The van der Waals surface area contributed by atoms with E-state index in [-0.39, 0.29) is 6.54 Å². The Hall–Kier alpha value is -1.16. The Labute approximate surface area is 93.6 Å². The summed E-state index contributed by atoms with van der Waals surface area (Å²) in [7, 11) is 1.47. The molecule has 0 aromatic heterocycles. The largest absolute Gasteiger partial charge is 0.496 e. The van der Waals surface area contributed by atoms with Gasteiger partial charge in [-0.15, -0.1) is 0 Å². The van der Waals surface area contributed by atoms with E-state index in [4.69, 9.17) is 4.74 Å². The molecule has 2 rings (SSSR count). The van der Waals surface area contributed by atoms with E-state index in [1.54, 1.807) is 0 Å². The van der Waals surface area contributed by atoms with Gasteiger partial charge in [0.1, 0.15) is 11.6 Å². The van der Waals surface area contributed by atoms with Crippen LogP contribution in [-0.2, 0) is 5.67 Å². The zero-order chi connectivity index (χ0) is 11.6. The Morgan fingerprint density at radius 3 is 2.88 bits per heavy atom. The van der Waals surface area contributed by atoms with E-state index in [1.807, 2.05) is 0 Å². The van der Waals surface area contributed by atoms with Gasteiger partial charge in [-0.25, -0.2) is 8.78 Å². The lowest BCUT2D eigenvalue weighted by atomic mass is 9.87. The molecule has 0 saturated carbocycles. The molecule has 0 spiro atoms. The minimum atomic E-state index is -1.52. The molecule has 1 unspecified atom stereocenters. The molecule has 16 heavy (non-hydrogen) atoms. The van der Waals surface area contributed by atoms with Crippen LogP contribution in [0.2, 0.25) is 0 Å². The van der Waals surface area contributed by atoms with Gasteiger partial charge in [-0.2, -0.15) is 0 Å². The molecule has 88 valence electrons. The number of alkyl halides is 1. The summed E-state index contributed by atoms with van der Waals surface area (Å²) >= 11 is 0. The zero-order valence-corrected chi connectivity index (χ0v) is 9.22. The van der Waals surface area contributed by atoms with Crippen molar-refractivity contribution in [3.05, 3.63) is 29.6 Å². The molecule has 1 atom stereocenters. The maximum absolute atomic E-state index is 14.6. The molecule has 0 amide bonds. The molecule has 1 aromatic carbocycles. The molecule has 1 N–H and O–H groups in total. The molecule has 0 bridgehead atoms. The van der Waals surface area contributed by atoms with Gasteiger partial charge in [-0.1, -0.05) is 0 Å². The minimum absolute atomic E-state index is 0.215. The molecule has 1 fully saturated rings. The minimum Gasteiger partial charge on any atom is -0.496 e. The van der Waals surface area contributed by atoms with Gasteiger partial charge in [0.25, 0.3) is 0 Å². The summed E-state index contributed by atoms with van der Waals surface area (Å²) in [5, 5.41) is 2.99. The fraction of sp³-hybridized carbons (Fsp3) is 0.500. The van der Waals surface area contributed by atoms with Crippen molar-refractivity contribution < 1.29 is 13.5 Å². The van der Waals surface area contributed by atoms with Crippen molar-refractivity contribution in [1.82, 2.24) is 5.32 Å². The quantitative estimate of drug-likeness (QED) is 0.837. The van der Waals surface area contributed by atoms with E-state index in [0.29, 0.717) is 17.7 Å². The smallest absolute Gasteiger partial charge is 0.152 e. The number of methoxy groups -OCH3 is 1. The maximum Gasteiger partial charge on any atom is 0.152 e. The highest BCUT2D eigenvalue weighted by atomic mass is 19.1. The predicted octanol–water partition coefficient (Wildman–Crippen LogP) is 2.38. The first kappa shape index (κ1) is 11.3. The van der Waals surface area contributed by atoms with Gasteiger partial charge in [0.15, 0.2) is 5.67 Å². The summed E-state index contributed by atoms with van der Waals surface area (Å²) in [5.74, 6) is -0.0222. The van der Waals surface area contributed by atoms with E-state index in [1.165, 1.54) is 25.3 Å². The molecule has 2 nitrogen and oxygen atoms in total. The van der Waals surface area contributed by atoms with Crippen molar-refractivity contribution in [2.75, 3.05) is 20.2 Å². The molecule has 0 radical (unpaired) electrons. The van der Waals surface area contributed by atoms with Crippen LogP contribution in [0.1, 0.15) is 18.4 Å². The summed E-state index contributed by atoms with van der Waals surface area (Å²) in [4.78, 5) is 0. The van der Waals surface area contributed by atoms with Crippen LogP contribution >= 0.6 is 0 Å². The van der Waals surface area contributed by atoms with E-state index in [2.05, 4.69) is 5.32 Å². The lowest BCUT2D eigenvalue weighted by Crippen LogP contribution is -2.40. The summed E-state index contributed by atoms with van der Waals surface area (Å²) in [6.45, 7) is 1.02. The molecule has 1 heterocycles. The van der Waals surface area contributed by atoms with Gasteiger partial charge < -0.3 is 10.1 Å². The lowest BCUT2D eigenvalue weighted by Gasteiger charge is -2.31. The third-order valence-electron chi connectivity index (χ3n) is 2.98. The molecule has 4 heteroatoms. The average Bonchev–Trinajstić information content (AvgIpc) is 2.30. The van der Waals surface area contributed by atoms with Crippen LogP contribution in [0.15, 0.2) is 18.2 Å². The SMILES string of the molecule is COc1ccc(F)cc1C1(F)CCCNC1. The number of hydrogen-bond acceptors (Lipinski definition) is 2. The molecule has 1 saturated heterocycles. The topological polar surface area (TPSA) is 21.3 Å². The van der Waals surface area contributed by atoms with Crippen LogP contribution in [0.5, 0.6) is 5.75 Å². The second-order valence-corrected chi connectivity index (χ2v) is 4.09. The summed E-state index contributed by atoms with van der Waals surface area (Å²) in [5.41, 5.74) is -1.21. The first-order valence-electron chi connectivity index (χ1n) is 5.39. The van der Waals surface area contributed by atoms with Gasteiger partial charge in [0, 0.05) is 12.1 Å². The standard InChI is InChI=1S/C12H15F2NO/c1-16-11-4-3-9(13)7-10(11)12(14)5-2-6-15-8-12/h3-4,7,15H,2,5-6,8H2,1H3. The molecule has 1 aromatic rings. The highest BCUT2D eigenvalue weighted by Crippen LogP contribution is 2.38. The van der Waals surface area contributed by atoms with Gasteiger partial charge in [0.05, 0.1) is 7.11 Å². The molecule has 0 aliphatic carbocycles. The number of nitrogens with one attached hydrogen (secondary N) is 1. The molecule has 1 aliphatic heterocycles. The van der Waals surface area contributed by atoms with Crippen LogP contribution in [0.25, 0.3) is 0 Å². The van der Waals surface area contributed by atoms with Crippen LogP contribution in [0.4, 0.5) is 8.78 Å². The fourth-order valence-corrected chi connectivity index (χ4v) is 2.13. The Bertz CT molecular complexity index is 375. The van der Waals surface area contributed by atoms with Gasteiger partial charge >= 0.3 is 0 Å². The number of ether oxygens (including phenoxy) is 1. The first-order chi connectivity index (χ1) is 7.65. The van der Waals surface area contributed by atoms with Crippen LogP contribution in [0, 0.1) is 5.82 Å². The second kappa shape index (κ2) is 4.37. The van der Waals surface area contributed by atoms with Crippen LogP contribution < -0.4 is 10.1 Å². The number of halogens is 2. The number of piperidine rings is 1. The van der Waals surface area contributed by atoms with Crippen molar-refractivity contribution in [2.24, 2.45) is 0 Å². The van der Waals surface area contributed by atoms with Crippen LogP contribution in [-0.4, -0.2) is 20.2 Å². The Balaban J connectivity index is 2.40. The molecular weight excluding hydrogens is 212 g/mol. The maximum atomic E-state index is 14.6.